The molecule has 7 heteroatoms. The van der Waals surface area contributed by atoms with E-state index < -0.39 is 0 Å². The molecule has 0 spiro atoms. The molecule has 2 heterocycles. The number of likely N-dealkylation sites (N-methyl/N-ethyl adjacent to an activating group) is 1. The van der Waals surface area contributed by atoms with Crippen LogP contribution >= 0.6 is 24.0 Å². The summed E-state index contributed by atoms with van der Waals surface area (Å²) in [6.45, 7) is 10.5. The summed E-state index contributed by atoms with van der Waals surface area (Å²) in [5, 5.41) is 7.07. The zero-order chi connectivity index (χ0) is 19.1. The molecule has 2 aliphatic heterocycles. The lowest BCUT2D eigenvalue weighted by Gasteiger charge is -2.23. The molecule has 2 aliphatic rings. The summed E-state index contributed by atoms with van der Waals surface area (Å²) in [5.41, 5.74) is 1.18. The Kier molecular flexibility index (Phi) is 9.64. The molecule has 1 aromatic rings. The molecule has 6 nitrogen and oxygen atoms in total. The van der Waals surface area contributed by atoms with Crippen LogP contribution in [0, 0.1) is 0 Å². The number of aliphatic imine (C=N–C) groups is 1. The average molecular weight is 501 g/mol. The predicted octanol–water partition coefficient (Wildman–Crippen LogP) is 2.93. The van der Waals surface area contributed by atoms with Gasteiger partial charge in [-0.1, -0.05) is 19.1 Å². The van der Waals surface area contributed by atoms with Gasteiger partial charge in [0.25, 0.3) is 0 Å². The maximum absolute atomic E-state index is 5.53. The number of anilines is 1. The first-order valence-electron chi connectivity index (χ1n) is 10.4. The third kappa shape index (κ3) is 5.89. The summed E-state index contributed by atoms with van der Waals surface area (Å²) in [4.78, 5) is 9.84. The summed E-state index contributed by atoms with van der Waals surface area (Å²) in [6.07, 6.45) is 3.67. The lowest BCUT2D eigenvalue weighted by atomic mass is 10.2. The van der Waals surface area contributed by atoms with Crippen molar-refractivity contribution >= 4 is 35.6 Å². The van der Waals surface area contributed by atoms with Gasteiger partial charge in [-0.2, -0.15) is 0 Å². The first-order chi connectivity index (χ1) is 13.2. The number of halogens is 1. The zero-order valence-corrected chi connectivity index (χ0v) is 19.8. The SMILES string of the molecule is CCNC(=NCC1CCCN1CC)NC1CCN(c2ccccc2OC)C1.I. The van der Waals surface area contributed by atoms with Crippen LogP contribution in [0.4, 0.5) is 5.69 Å². The summed E-state index contributed by atoms with van der Waals surface area (Å²) >= 11 is 0. The molecule has 2 fully saturated rings. The molecular formula is C21H36IN5O. The van der Waals surface area contributed by atoms with Crippen molar-refractivity contribution in [3.63, 3.8) is 0 Å². The van der Waals surface area contributed by atoms with Crippen molar-refractivity contribution in [3.05, 3.63) is 24.3 Å². The van der Waals surface area contributed by atoms with Gasteiger partial charge < -0.3 is 20.3 Å². The van der Waals surface area contributed by atoms with E-state index in [1.54, 1.807) is 7.11 Å². The molecule has 158 valence electrons. The number of para-hydroxylation sites is 2. The highest BCUT2D eigenvalue weighted by Gasteiger charge is 2.26. The van der Waals surface area contributed by atoms with Crippen molar-refractivity contribution in [2.45, 2.75) is 45.2 Å². The van der Waals surface area contributed by atoms with Crippen molar-refractivity contribution in [2.75, 3.05) is 51.3 Å². The quantitative estimate of drug-likeness (QED) is 0.342. The highest BCUT2D eigenvalue weighted by atomic mass is 127. The average Bonchev–Trinajstić information content (AvgIpc) is 3.35. The Balaban J connectivity index is 0.00000280. The van der Waals surface area contributed by atoms with Crippen LogP contribution in [-0.4, -0.2) is 69.3 Å². The number of hydrogen-bond acceptors (Lipinski definition) is 4. The van der Waals surface area contributed by atoms with Crippen molar-refractivity contribution < 1.29 is 4.74 Å². The molecule has 0 saturated carbocycles. The van der Waals surface area contributed by atoms with Gasteiger partial charge in [-0.3, -0.25) is 9.89 Å². The maximum atomic E-state index is 5.53. The predicted molar refractivity (Wildman–Crippen MR) is 128 cm³/mol. The number of benzene rings is 1. The molecule has 1 aromatic carbocycles. The number of nitrogens with one attached hydrogen (secondary N) is 2. The van der Waals surface area contributed by atoms with E-state index in [0.717, 1.165) is 50.9 Å². The normalized spacial score (nSPS) is 22.8. The first-order valence-corrected chi connectivity index (χ1v) is 10.4. The lowest BCUT2D eigenvalue weighted by molar-refractivity contribution is 0.273. The van der Waals surface area contributed by atoms with E-state index in [9.17, 15) is 0 Å². The van der Waals surface area contributed by atoms with Crippen LogP contribution in [0.1, 0.15) is 33.1 Å². The number of guanidine groups is 1. The molecule has 2 unspecified atom stereocenters. The standard InChI is InChI=1S/C21H35N5O.HI/c1-4-22-21(23-15-18-9-8-13-25(18)5-2)24-17-12-14-26(16-17)19-10-6-7-11-20(19)27-3;/h6-7,10-11,17-18H,4-5,8-9,12-16H2,1-3H3,(H2,22,23,24);1H. The molecule has 0 bridgehead atoms. The van der Waals surface area contributed by atoms with Gasteiger partial charge in [0.1, 0.15) is 5.75 Å². The number of methoxy groups -OCH3 is 1. The number of hydrogen-bond donors (Lipinski definition) is 2. The van der Waals surface area contributed by atoms with Gasteiger partial charge in [-0.05, 0) is 51.4 Å². The van der Waals surface area contributed by atoms with E-state index in [1.807, 2.05) is 12.1 Å². The second kappa shape index (κ2) is 11.7. The molecule has 0 amide bonds. The third-order valence-corrected chi connectivity index (χ3v) is 5.66. The van der Waals surface area contributed by atoms with Crippen LogP contribution in [0.25, 0.3) is 0 Å². The topological polar surface area (TPSA) is 52.1 Å². The van der Waals surface area contributed by atoms with Crippen LogP contribution < -0.4 is 20.3 Å². The van der Waals surface area contributed by atoms with E-state index in [-0.39, 0.29) is 24.0 Å². The highest BCUT2D eigenvalue weighted by Crippen LogP contribution is 2.30. The molecule has 0 aromatic heterocycles. The molecule has 2 N–H and O–H groups in total. The van der Waals surface area contributed by atoms with Crippen molar-refractivity contribution in [1.29, 1.82) is 0 Å². The Morgan fingerprint density at radius 1 is 1.21 bits per heavy atom. The lowest BCUT2D eigenvalue weighted by Crippen LogP contribution is -2.45. The van der Waals surface area contributed by atoms with E-state index in [0.29, 0.717) is 12.1 Å². The Bertz CT molecular complexity index is 627. The smallest absolute Gasteiger partial charge is 0.191 e. The fraction of sp³-hybridized carbons (Fsp3) is 0.667. The van der Waals surface area contributed by atoms with Gasteiger partial charge in [-0.25, -0.2) is 0 Å². The molecule has 28 heavy (non-hydrogen) atoms. The van der Waals surface area contributed by atoms with Gasteiger partial charge in [0.05, 0.1) is 19.3 Å². The van der Waals surface area contributed by atoms with Crippen LogP contribution in [0.5, 0.6) is 5.75 Å². The minimum Gasteiger partial charge on any atom is -0.495 e. The van der Waals surface area contributed by atoms with Crippen LogP contribution in [0.2, 0.25) is 0 Å². The van der Waals surface area contributed by atoms with Crippen LogP contribution in [0.15, 0.2) is 29.3 Å². The summed E-state index contributed by atoms with van der Waals surface area (Å²) in [7, 11) is 1.74. The summed E-state index contributed by atoms with van der Waals surface area (Å²) in [6, 6.07) is 9.26. The van der Waals surface area contributed by atoms with Crippen molar-refractivity contribution in [3.8, 4) is 5.75 Å². The van der Waals surface area contributed by atoms with Gasteiger partial charge in [-0.15, -0.1) is 24.0 Å². The van der Waals surface area contributed by atoms with Crippen molar-refractivity contribution in [1.82, 2.24) is 15.5 Å². The highest BCUT2D eigenvalue weighted by molar-refractivity contribution is 14.0. The third-order valence-electron chi connectivity index (χ3n) is 5.66. The van der Waals surface area contributed by atoms with Crippen molar-refractivity contribution in [2.24, 2.45) is 4.99 Å². The van der Waals surface area contributed by atoms with E-state index >= 15 is 0 Å². The first kappa shape index (κ1) is 23.1. The zero-order valence-electron chi connectivity index (χ0n) is 17.5. The summed E-state index contributed by atoms with van der Waals surface area (Å²) in [5.74, 6) is 1.90. The van der Waals surface area contributed by atoms with Gasteiger partial charge in [0.15, 0.2) is 5.96 Å². The number of rotatable bonds is 7. The van der Waals surface area contributed by atoms with Gasteiger partial charge in [0, 0.05) is 31.7 Å². The van der Waals surface area contributed by atoms with Gasteiger partial charge in [0.2, 0.25) is 0 Å². The molecule has 2 atom stereocenters. The summed E-state index contributed by atoms with van der Waals surface area (Å²) < 4.78 is 5.53. The van der Waals surface area contributed by atoms with E-state index in [4.69, 9.17) is 9.73 Å². The number of likely N-dealkylation sites (tertiary alicyclic amines) is 1. The maximum Gasteiger partial charge on any atom is 0.191 e. The number of nitrogens with zero attached hydrogens (tertiary/aromatic N) is 3. The number of ether oxygens (including phenoxy) is 1. The Morgan fingerprint density at radius 2 is 2.04 bits per heavy atom. The van der Waals surface area contributed by atoms with Gasteiger partial charge >= 0.3 is 0 Å². The second-order valence-electron chi connectivity index (χ2n) is 7.39. The molecule has 3 rings (SSSR count). The molecular weight excluding hydrogens is 465 g/mol. The Morgan fingerprint density at radius 3 is 2.79 bits per heavy atom. The molecule has 0 radical (unpaired) electrons. The largest absolute Gasteiger partial charge is 0.495 e. The van der Waals surface area contributed by atoms with Crippen LogP contribution in [-0.2, 0) is 0 Å². The monoisotopic (exact) mass is 501 g/mol. The minimum atomic E-state index is 0. The van der Waals surface area contributed by atoms with E-state index in [1.165, 1.54) is 25.1 Å². The molecule has 2 saturated heterocycles. The minimum absolute atomic E-state index is 0. The second-order valence-corrected chi connectivity index (χ2v) is 7.39. The Labute approximate surface area is 187 Å². The van der Waals surface area contributed by atoms with Crippen LogP contribution in [0.3, 0.4) is 0 Å². The fourth-order valence-electron chi connectivity index (χ4n) is 4.22. The fourth-order valence-corrected chi connectivity index (χ4v) is 4.22. The van der Waals surface area contributed by atoms with E-state index in [2.05, 4.69) is 46.4 Å². The Hall–Kier alpha value is -1.22. The molecule has 0 aliphatic carbocycles.